The molecule has 0 unspecified atom stereocenters. The van der Waals surface area contributed by atoms with Crippen molar-refractivity contribution in [1.82, 2.24) is 9.97 Å². The van der Waals surface area contributed by atoms with Crippen LogP contribution in [-0.4, -0.2) is 34.3 Å². The summed E-state index contributed by atoms with van der Waals surface area (Å²) in [5.74, 6) is 1.29. The van der Waals surface area contributed by atoms with Crippen LogP contribution in [0.15, 0.2) is 36.4 Å². The fourth-order valence-electron chi connectivity index (χ4n) is 1.81. The van der Waals surface area contributed by atoms with Gasteiger partial charge >= 0.3 is 0 Å². The van der Waals surface area contributed by atoms with E-state index < -0.39 is 0 Å². The van der Waals surface area contributed by atoms with Gasteiger partial charge in [-0.3, -0.25) is 0 Å². The molecule has 0 aliphatic carbocycles. The van der Waals surface area contributed by atoms with E-state index in [2.05, 4.69) is 20.6 Å². The van der Waals surface area contributed by atoms with Crippen LogP contribution in [0.25, 0.3) is 11.3 Å². The molecule has 20 heavy (non-hydrogen) atoms. The lowest BCUT2D eigenvalue weighted by Gasteiger charge is -2.13. The van der Waals surface area contributed by atoms with Gasteiger partial charge < -0.3 is 15.7 Å². The molecular formula is C15H20N4O. The van der Waals surface area contributed by atoms with E-state index in [9.17, 15) is 0 Å². The lowest BCUT2D eigenvalue weighted by Crippen LogP contribution is -2.21. The van der Waals surface area contributed by atoms with Gasteiger partial charge in [-0.25, -0.2) is 4.98 Å². The standard InChI is InChI=1S/C15H20N4O/c1-3-16-14-9-13(12-7-5-4-6-8-12)18-15(19-14)17-11(2)10-20/h4-9,11,20H,3,10H2,1-2H3,(H2,16,17,18,19)/t11-/m1/s1. The number of aliphatic hydroxyl groups excluding tert-OH is 1. The van der Waals surface area contributed by atoms with Crippen LogP contribution in [0.1, 0.15) is 13.8 Å². The zero-order valence-electron chi connectivity index (χ0n) is 11.8. The number of hydrogen-bond donors (Lipinski definition) is 3. The number of aliphatic hydroxyl groups is 1. The quantitative estimate of drug-likeness (QED) is 0.753. The van der Waals surface area contributed by atoms with Gasteiger partial charge in [-0.15, -0.1) is 0 Å². The highest BCUT2D eigenvalue weighted by Crippen LogP contribution is 2.21. The lowest BCUT2D eigenvalue weighted by molar-refractivity contribution is 0.281. The first-order chi connectivity index (χ1) is 9.72. The van der Waals surface area contributed by atoms with Crippen molar-refractivity contribution in [3.63, 3.8) is 0 Å². The smallest absolute Gasteiger partial charge is 0.225 e. The van der Waals surface area contributed by atoms with E-state index in [1.165, 1.54) is 0 Å². The zero-order chi connectivity index (χ0) is 14.4. The monoisotopic (exact) mass is 272 g/mol. The number of nitrogens with zero attached hydrogens (tertiary/aromatic N) is 2. The van der Waals surface area contributed by atoms with Gasteiger partial charge in [-0.1, -0.05) is 30.3 Å². The molecule has 1 heterocycles. The maximum atomic E-state index is 9.12. The van der Waals surface area contributed by atoms with Crippen LogP contribution in [0.5, 0.6) is 0 Å². The zero-order valence-corrected chi connectivity index (χ0v) is 11.8. The van der Waals surface area contributed by atoms with Crippen LogP contribution in [0.2, 0.25) is 0 Å². The predicted octanol–water partition coefficient (Wildman–Crippen LogP) is 2.37. The van der Waals surface area contributed by atoms with Gasteiger partial charge in [0.25, 0.3) is 0 Å². The van der Waals surface area contributed by atoms with Crippen LogP contribution in [0.3, 0.4) is 0 Å². The summed E-state index contributed by atoms with van der Waals surface area (Å²) in [7, 11) is 0. The maximum absolute atomic E-state index is 9.12. The van der Waals surface area contributed by atoms with Crippen molar-refractivity contribution in [2.75, 3.05) is 23.8 Å². The first-order valence-electron chi connectivity index (χ1n) is 6.78. The van der Waals surface area contributed by atoms with E-state index in [-0.39, 0.29) is 12.6 Å². The molecule has 106 valence electrons. The highest BCUT2D eigenvalue weighted by molar-refractivity contribution is 5.64. The Kier molecular flexibility index (Phi) is 4.90. The predicted molar refractivity (Wildman–Crippen MR) is 81.8 cm³/mol. The molecule has 5 heteroatoms. The molecule has 5 nitrogen and oxygen atoms in total. The van der Waals surface area contributed by atoms with Crippen LogP contribution in [-0.2, 0) is 0 Å². The first kappa shape index (κ1) is 14.3. The van der Waals surface area contributed by atoms with Crippen LogP contribution in [0.4, 0.5) is 11.8 Å². The van der Waals surface area contributed by atoms with Crippen LogP contribution >= 0.6 is 0 Å². The first-order valence-corrected chi connectivity index (χ1v) is 6.78. The molecule has 1 atom stereocenters. The Morgan fingerprint density at radius 3 is 2.60 bits per heavy atom. The average molecular weight is 272 g/mol. The van der Waals surface area contributed by atoms with Gasteiger partial charge in [0, 0.05) is 24.2 Å². The summed E-state index contributed by atoms with van der Waals surface area (Å²) in [4.78, 5) is 8.89. The van der Waals surface area contributed by atoms with Gasteiger partial charge in [0.15, 0.2) is 0 Å². The molecule has 0 saturated carbocycles. The van der Waals surface area contributed by atoms with E-state index >= 15 is 0 Å². The Labute approximate surface area is 119 Å². The van der Waals surface area contributed by atoms with Crippen LogP contribution < -0.4 is 10.6 Å². The van der Waals surface area contributed by atoms with Crippen molar-refractivity contribution in [3.8, 4) is 11.3 Å². The molecule has 1 aromatic heterocycles. The van der Waals surface area contributed by atoms with Crippen molar-refractivity contribution in [3.05, 3.63) is 36.4 Å². The molecule has 0 fully saturated rings. The normalized spacial score (nSPS) is 11.9. The second-order valence-electron chi connectivity index (χ2n) is 4.59. The topological polar surface area (TPSA) is 70.1 Å². The Morgan fingerprint density at radius 2 is 1.95 bits per heavy atom. The molecule has 3 N–H and O–H groups in total. The Balaban J connectivity index is 2.35. The third kappa shape index (κ3) is 3.68. The number of benzene rings is 1. The number of nitrogens with one attached hydrogen (secondary N) is 2. The maximum Gasteiger partial charge on any atom is 0.225 e. The molecular weight excluding hydrogens is 252 g/mol. The molecule has 0 aliphatic rings. The number of anilines is 2. The van der Waals surface area contributed by atoms with Gasteiger partial charge in [-0.2, -0.15) is 4.98 Å². The molecule has 0 bridgehead atoms. The summed E-state index contributed by atoms with van der Waals surface area (Å²) < 4.78 is 0. The van der Waals surface area contributed by atoms with E-state index in [1.807, 2.05) is 50.2 Å². The van der Waals surface area contributed by atoms with Gasteiger partial charge in [0.05, 0.1) is 12.3 Å². The summed E-state index contributed by atoms with van der Waals surface area (Å²) >= 11 is 0. The second-order valence-corrected chi connectivity index (χ2v) is 4.59. The Hall–Kier alpha value is -2.14. The third-order valence-corrected chi connectivity index (χ3v) is 2.80. The molecule has 2 rings (SSSR count). The summed E-state index contributed by atoms with van der Waals surface area (Å²) in [6.07, 6.45) is 0. The number of aromatic nitrogens is 2. The van der Waals surface area contributed by atoms with Crippen LogP contribution in [0, 0.1) is 0 Å². The molecule has 0 aliphatic heterocycles. The van der Waals surface area contributed by atoms with E-state index in [1.54, 1.807) is 0 Å². The van der Waals surface area contributed by atoms with Crippen molar-refractivity contribution in [2.45, 2.75) is 19.9 Å². The average Bonchev–Trinajstić information content (AvgIpc) is 2.48. The molecule has 1 aromatic carbocycles. The summed E-state index contributed by atoms with van der Waals surface area (Å²) in [5.41, 5.74) is 1.89. The van der Waals surface area contributed by atoms with Gasteiger partial charge in [0.2, 0.25) is 5.95 Å². The number of rotatable bonds is 6. The third-order valence-electron chi connectivity index (χ3n) is 2.80. The van der Waals surface area contributed by atoms with Crippen molar-refractivity contribution >= 4 is 11.8 Å². The fourth-order valence-corrected chi connectivity index (χ4v) is 1.81. The molecule has 0 amide bonds. The second kappa shape index (κ2) is 6.86. The lowest BCUT2D eigenvalue weighted by atomic mass is 10.1. The van der Waals surface area contributed by atoms with Gasteiger partial charge in [-0.05, 0) is 13.8 Å². The van der Waals surface area contributed by atoms with Crippen molar-refractivity contribution in [1.29, 1.82) is 0 Å². The fraction of sp³-hybridized carbons (Fsp3) is 0.333. The van der Waals surface area contributed by atoms with E-state index in [0.29, 0.717) is 5.95 Å². The molecule has 2 aromatic rings. The van der Waals surface area contributed by atoms with Gasteiger partial charge in [0.1, 0.15) is 5.82 Å². The summed E-state index contributed by atoms with van der Waals surface area (Å²) in [5, 5.41) is 15.4. The highest BCUT2D eigenvalue weighted by atomic mass is 16.3. The van der Waals surface area contributed by atoms with Crippen molar-refractivity contribution < 1.29 is 5.11 Å². The van der Waals surface area contributed by atoms with E-state index in [0.717, 1.165) is 23.6 Å². The van der Waals surface area contributed by atoms with Crippen molar-refractivity contribution in [2.24, 2.45) is 0 Å². The Bertz CT molecular complexity index is 545. The number of hydrogen-bond acceptors (Lipinski definition) is 5. The summed E-state index contributed by atoms with van der Waals surface area (Å²) in [6.45, 7) is 4.73. The molecule has 0 radical (unpaired) electrons. The molecule has 0 saturated heterocycles. The molecule has 0 spiro atoms. The summed E-state index contributed by atoms with van der Waals surface area (Å²) in [6, 6.07) is 11.8. The highest BCUT2D eigenvalue weighted by Gasteiger charge is 2.08. The SMILES string of the molecule is CCNc1cc(-c2ccccc2)nc(N[C@H](C)CO)n1. The largest absolute Gasteiger partial charge is 0.394 e. The minimum Gasteiger partial charge on any atom is -0.394 e. The Morgan fingerprint density at radius 1 is 1.20 bits per heavy atom. The van der Waals surface area contributed by atoms with E-state index in [4.69, 9.17) is 5.11 Å². The minimum atomic E-state index is -0.0875. The minimum absolute atomic E-state index is 0.0372.